The second kappa shape index (κ2) is 10.0. The second-order valence-electron chi connectivity index (χ2n) is 8.76. The van der Waals surface area contributed by atoms with E-state index < -0.39 is 0 Å². The number of ether oxygens (including phenoxy) is 2. The molecule has 1 saturated heterocycles. The fourth-order valence-corrected chi connectivity index (χ4v) is 4.57. The lowest BCUT2D eigenvalue weighted by atomic mass is 10.1. The number of rotatable bonds is 8. The van der Waals surface area contributed by atoms with Gasteiger partial charge in [-0.25, -0.2) is 9.67 Å². The van der Waals surface area contributed by atoms with Crippen LogP contribution in [0.2, 0.25) is 0 Å². The first-order valence-electron chi connectivity index (χ1n) is 11.8. The van der Waals surface area contributed by atoms with Crippen LogP contribution in [-0.2, 0) is 6.54 Å². The fourth-order valence-electron chi connectivity index (χ4n) is 4.57. The van der Waals surface area contributed by atoms with Gasteiger partial charge in [-0.2, -0.15) is 5.10 Å². The third kappa shape index (κ3) is 4.91. The highest BCUT2D eigenvalue weighted by molar-refractivity contribution is 5.96. The molecule has 180 valence electrons. The van der Waals surface area contributed by atoms with Crippen molar-refractivity contribution in [3.8, 4) is 11.5 Å². The van der Waals surface area contributed by atoms with Crippen molar-refractivity contribution in [2.75, 3.05) is 38.8 Å². The molecule has 5 rings (SSSR count). The summed E-state index contributed by atoms with van der Waals surface area (Å²) in [7, 11) is 3.26. The number of pyridine rings is 1. The van der Waals surface area contributed by atoms with Crippen LogP contribution < -0.4 is 19.7 Å². The summed E-state index contributed by atoms with van der Waals surface area (Å²) in [6, 6.07) is 17.9. The Morgan fingerprint density at radius 3 is 2.74 bits per heavy atom. The van der Waals surface area contributed by atoms with Crippen molar-refractivity contribution in [1.82, 2.24) is 20.1 Å². The lowest BCUT2D eigenvalue weighted by Gasteiger charge is -2.18. The zero-order chi connectivity index (χ0) is 24.2. The van der Waals surface area contributed by atoms with E-state index in [-0.39, 0.29) is 5.91 Å². The van der Waals surface area contributed by atoms with Crippen LogP contribution in [0.1, 0.15) is 22.3 Å². The molecular weight excluding hydrogens is 442 g/mol. The Bertz CT molecular complexity index is 1320. The summed E-state index contributed by atoms with van der Waals surface area (Å²) in [6.07, 6.45) is 4.42. The minimum absolute atomic E-state index is 0.109. The molecule has 1 aliphatic rings. The number of amides is 1. The van der Waals surface area contributed by atoms with Crippen LogP contribution in [0.4, 0.5) is 5.69 Å². The van der Waals surface area contributed by atoms with Crippen molar-refractivity contribution in [3.63, 3.8) is 0 Å². The molecule has 0 radical (unpaired) electrons. The van der Waals surface area contributed by atoms with E-state index in [0.29, 0.717) is 30.2 Å². The number of para-hydroxylation sites is 1. The average Bonchev–Trinajstić information content (AvgIpc) is 3.55. The first kappa shape index (κ1) is 22.7. The van der Waals surface area contributed by atoms with Crippen molar-refractivity contribution >= 4 is 22.6 Å². The van der Waals surface area contributed by atoms with Crippen molar-refractivity contribution in [2.45, 2.75) is 13.0 Å². The molecule has 1 atom stereocenters. The first-order chi connectivity index (χ1) is 17.1. The summed E-state index contributed by atoms with van der Waals surface area (Å²) in [5, 5.41) is 8.39. The van der Waals surface area contributed by atoms with Crippen LogP contribution in [-0.4, -0.2) is 54.5 Å². The monoisotopic (exact) mass is 471 g/mol. The van der Waals surface area contributed by atoms with E-state index in [2.05, 4.69) is 44.6 Å². The normalized spacial score (nSPS) is 15.4. The van der Waals surface area contributed by atoms with Crippen LogP contribution in [0, 0.1) is 5.92 Å². The summed E-state index contributed by atoms with van der Waals surface area (Å²) in [5.74, 6) is 1.78. The molecule has 8 heteroatoms. The minimum atomic E-state index is -0.109. The molecule has 1 unspecified atom stereocenters. The summed E-state index contributed by atoms with van der Waals surface area (Å²) in [4.78, 5) is 19.7. The minimum Gasteiger partial charge on any atom is -0.497 e. The fraction of sp³-hybridized carbons (Fsp3) is 0.296. The van der Waals surface area contributed by atoms with Gasteiger partial charge in [0.1, 0.15) is 11.5 Å². The number of aromatic nitrogens is 3. The first-order valence-corrected chi connectivity index (χ1v) is 11.8. The number of anilines is 1. The van der Waals surface area contributed by atoms with E-state index >= 15 is 0 Å². The second-order valence-corrected chi connectivity index (χ2v) is 8.76. The standard InChI is InChI=1S/C27H29N5O3/c1-34-24-9-8-20(25(13-24)35-2)18-32-26-21(16-30-32)12-22(15-28-26)27(33)29-14-19-10-11-31(17-19)23-6-4-3-5-7-23/h3-9,12-13,15-16,19H,10-11,14,17-18H2,1-2H3,(H,29,33). The van der Waals surface area contributed by atoms with Gasteiger partial charge in [0, 0.05) is 48.5 Å². The zero-order valence-electron chi connectivity index (χ0n) is 20.0. The number of nitrogens with one attached hydrogen (secondary N) is 1. The largest absolute Gasteiger partial charge is 0.497 e. The van der Waals surface area contributed by atoms with Crippen LogP contribution >= 0.6 is 0 Å². The molecule has 1 N–H and O–H groups in total. The van der Waals surface area contributed by atoms with Crippen molar-refractivity contribution < 1.29 is 14.3 Å². The lowest BCUT2D eigenvalue weighted by Crippen LogP contribution is -2.31. The summed E-state index contributed by atoms with van der Waals surface area (Å²) < 4.78 is 12.6. The maximum Gasteiger partial charge on any atom is 0.252 e. The van der Waals surface area contributed by atoms with Gasteiger partial charge in [0.05, 0.1) is 32.5 Å². The van der Waals surface area contributed by atoms with Gasteiger partial charge in [-0.15, -0.1) is 0 Å². The van der Waals surface area contributed by atoms with Crippen LogP contribution in [0.15, 0.2) is 67.0 Å². The quantitative estimate of drug-likeness (QED) is 0.422. The molecule has 0 saturated carbocycles. The number of benzene rings is 2. The Morgan fingerprint density at radius 2 is 1.94 bits per heavy atom. The third-order valence-electron chi connectivity index (χ3n) is 6.51. The van der Waals surface area contributed by atoms with Gasteiger partial charge in [0.2, 0.25) is 0 Å². The summed E-state index contributed by atoms with van der Waals surface area (Å²) in [6.45, 7) is 3.10. The molecule has 1 amide bonds. The average molecular weight is 472 g/mol. The Kier molecular flexibility index (Phi) is 6.52. The van der Waals surface area contributed by atoms with Crippen molar-refractivity contribution in [1.29, 1.82) is 0 Å². The lowest BCUT2D eigenvalue weighted by molar-refractivity contribution is 0.0948. The highest BCUT2D eigenvalue weighted by Gasteiger charge is 2.23. The maximum atomic E-state index is 12.8. The Balaban J connectivity index is 1.22. The predicted molar refractivity (Wildman–Crippen MR) is 135 cm³/mol. The molecule has 0 bridgehead atoms. The van der Waals surface area contributed by atoms with Crippen molar-refractivity contribution in [3.05, 3.63) is 78.1 Å². The molecule has 0 spiro atoms. The SMILES string of the molecule is COc1ccc(Cn2ncc3cc(C(=O)NCC4CCN(c5ccccc5)C4)cnc32)c(OC)c1. The molecule has 1 fully saturated rings. The van der Waals surface area contributed by atoms with Gasteiger partial charge >= 0.3 is 0 Å². The maximum absolute atomic E-state index is 12.8. The smallest absolute Gasteiger partial charge is 0.252 e. The number of carbonyl (C=O) groups is 1. The molecule has 2 aromatic carbocycles. The molecule has 0 aliphatic carbocycles. The number of nitrogens with zero attached hydrogens (tertiary/aromatic N) is 4. The van der Waals surface area contributed by atoms with E-state index in [1.807, 2.05) is 30.3 Å². The highest BCUT2D eigenvalue weighted by Crippen LogP contribution is 2.26. The topological polar surface area (TPSA) is 81.5 Å². The van der Waals surface area contributed by atoms with E-state index in [0.717, 1.165) is 42.0 Å². The molecule has 2 aromatic heterocycles. The highest BCUT2D eigenvalue weighted by atomic mass is 16.5. The van der Waals surface area contributed by atoms with Gasteiger partial charge in [0.25, 0.3) is 5.91 Å². The Hall–Kier alpha value is -4.07. The molecule has 3 heterocycles. The van der Waals surface area contributed by atoms with Crippen LogP contribution in [0.25, 0.3) is 11.0 Å². The number of methoxy groups -OCH3 is 2. The Morgan fingerprint density at radius 1 is 1.09 bits per heavy atom. The van der Waals surface area contributed by atoms with E-state index in [4.69, 9.17) is 9.47 Å². The molecule has 35 heavy (non-hydrogen) atoms. The molecular formula is C27H29N5O3. The molecule has 8 nitrogen and oxygen atoms in total. The molecule has 1 aliphatic heterocycles. The Labute approximate surface area is 204 Å². The van der Waals surface area contributed by atoms with E-state index in [9.17, 15) is 4.79 Å². The predicted octanol–water partition coefficient (Wildman–Crippen LogP) is 3.75. The van der Waals surface area contributed by atoms with Crippen LogP contribution in [0.3, 0.4) is 0 Å². The van der Waals surface area contributed by atoms with Gasteiger partial charge in [0.15, 0.2) is 5.65 Å². The third-order valence-corrected chi connectivity index (χ3v) is 6.51. The molecule has 4 aromatic rings. The number of hydrogen-bond acceptors (Lipinski definition) is 6. The van der Waals surface area contributed by atoms with E-state index in [1.54, 1.807) is 31.3 Å². The van der Waals surface area contributed by atoms with Crippen LogP contribution in [0.5, 0.6) is 11.5 Å². The van der Waals surface area contributed by atoms with Gasteiger partial charge in [-0.3, -0.25) is 4.79 Å². The summed E-state index contributed by atoms with van der Waals surface area (Å²) in [5.41, 5.74) is 3.45. The number of hydrogen-bond donors (Lipinski definition) is 1. The zero-order valence-corrected chi connectivity index (χ0v) is 20.0. The summed E-state index contributed by atoms with van der Waals surface area (Å²) >= 11 is 0. The van der Waals surface area contributed by atoms with Gasteiger partial charge in [-0.05, 0) is 42.7 Å². The van der Waals surface area contributed by atoms with E-state index in [1.165, 1.54) is 5.69 Å². The van der Waals surface area contributed by atoms with Gasteiger partial charge < -0.3 is 19.7 Å². The number of fused-ring (bicyclic) bond motifs is 1. The van der Waals surface area contributed by atoms with Gasteiger partial charge in [-0.1, -0.05) is 18.2 Å². The van der Waals surface area contributed by atoms with Crippen molar-refractivity contribution in [2.24, 2.45) is 5.92 Å². The number of carbonyl (C=O) groups excluding carboxylic acids is 1.